The summed E-state index contributed by atoms with van der Waals surface area (Å²) >= 11 is 0. The van der Waals surface area contributed by atoms with Crippen molar-refractivity contribution in [3.8, 4) is 5.75 Å². The van der Waals surface area contributed by atoms with Gasteiger partial charge in [-0.2, -0.15) is 0 Å². The van der Waals surface area contributed by atoms with Gasteiger partial charge in [-0.05, 0) is 49.9 Å². The molecule has 1 spiro atoms. The fraction of sp³-hybridized carbons (Fsp3) is 0.632. The predicted octanol–water partition coefficient (Wildman–Crippen LogP) is 2.84. The summed E-state index contributed by atoms with van der Waals surface area (Å²) in [5.41, 5.74) is 1.10. The average Bonchev–Trinajstić information content (AvgIpc) is 2.53. The van der Waals surface area contributed by atoms with Crippen molar-refractivity contribution < 1.29 is 9.53 Å². The highest BCUT2D eigenvalue weighted by molar-refractivity contribution is 5.77. The first-order chi connectivity index (χ1) is 11.1. The van der Waals surface area contributed by atoms with Gasteiger partial charge in [0, 0.05) is 18.9 Å². The van der Waals surface area contributed by atoms with Crippen molar-refractivity contribution in [3.05, 3.63) is 29.8 Å². The number of carbonyl (C=O) groups excluding carboxylic acids is 1. The highest BCUT2D eigenvalue weighted by Gasteiger charge is 2.42. The predicted molar refractivity (Wildman–Crippen MR) is 91.7 cm³/mol. The molecule has 1 aromatic rings. The molecule has 0 aliphatic carbocycles. The molecule has 0 bridgehead atoms. The van der Waals surface area contributed by atoms with Crippen molar-refractivity contribution in [1.29, 1.82) is 0 Å². The molecule has 0 radical (unpaired) electrons. The Kier molecular flexibility index (Phi) is 4.90. The molecular formula is C19H28N2O2. The van der Waals surface area contributed by atoms with E-state index in [9.17, 15) is 4.79 Å². The Morgan fingerprint density at radius 1 is 1.35 bits per heavy atom. The Labute approximate surface area is 139 Å². The molecule has 23 heavy (non-hydrogen) atoms. The van der Waals surface area contributed by atoms with Gasteiger partial charge in [0.05, 0.1) is 0 Å². The number of hydrogen-bond donors (Lipinski definition) is 2. The summed E-state index contributed by atoms with van der Waals surface area (Å²) < 4.78 is 6.40. The third kappa shape index (κ3) is 3.86. The van der Waals surface area contributed by atoms with Gasteiger partial charge in [0.1, 0.15) is 11.4 Å². The van der Waals surface area contributed by atoms with E-state index in [1.807, 2.05) is 12.1 Å². The zero-order valence-electron chi connectivity index (χ0n) is 14.2. The first-order valence-corrected chi connectivity index (χ1v) is 8.83. The van der Waals surface area contributed by atoms with E-state index < -0.39 is 0 Å². The zero-order chi connectivity index (χ0) is 16.3. The standard InChI is InChI=1S/C19H28N2O2/c1-14(2)13-21-18(22)11-15-12-19(7-9-20-10-8-19)23-17-6-4-3-5-16(15)17/h3-6,14-15,20H,7-13H2,1-2H3,(H,21,22). The molecule has 2 N–H and O–H groups in total. The maximum absolute atomic E-state index is 12.3. The molecule has 0 aromatic heterocycles. The van der Waals surface area contributed by atoms with Crippen LogP contribution in [-0.4, -0.2) is 31.1 Å². The second-order valence-electron chi connectivity index (χ2n) is 7.38. The lowest BCUT2D eigenvalue weighted by Gasteiger charge is -2.44. The molecule has 3 rings (SSSR count). The molecule has 1 aromatic carbocycles. The second-order valence-corrected chi connectivity index (χ2v) is 7.38. The molecule has 2 aliphatic rings. The van der Waals surface area contributed by atoms with E-state index in [1.165, 1.54) is 5.56 Å². The topological polar surface area (TPSA) is 50.4 Å². The van der Waals surface area contributed by atoms with E-state index in [0.29, 0.717) is 12.3 Å². The van der Waals surface area contributed by atoms with E-state index in [-0.39, 0.29) is 17.4 Å². The summed E-state index contributed by atoms with van der Waals surface area (Å²) in [6, 6.07) is 8.23. The minimum Gasteiger partial charge on any atom is -0.487 e. The lowest BCUT2D eigenvalue weighted by atomic mass is 9.76. The van der Waals surface area contributed by atoms with Crippen LogP contribution in [0.5, 0.6) is 5.75 Å². The van der Waals surface area contributed by atoms with Gasteiger partial charge >= 0.3 is 0 Å². The van der Waals surface area contributed by atoms with Gasteiger partial charge in [-0.1, -0.05) is 32.0 Å². The maximum atomic E-state index is 12.3. The molecule has 1 saturated heterocycles. The number of carbonyl (C=O) groups is 1. The third-order valence-corrected chi connectivity index (χ3v) is 4.96. The Morgan fingerprint density at radius 2 is 2.09 bits per heavy atom. The molecule has 1 amide bonds. The summed E-state index contributed by atoms with van der Waals surface area (Å²) in [5, 5.41) is 6.47. The number of fused-ring (bicyclic) bond motifs is 1. The molecule has 1 atom stereocenters. The van der Waals surface area contributed by atoms with Crippen molar-refractivity contribution in [3.63, 3.8) is 0 Å². The van der Waals surface area contributed by atoms with Crippen LogP contribution >= 0.6 is 0 Å². The maximum Gasteiger partial charge on any atom is 0.220 e. The van der Waals surface area contributed by atoms with Crippen LogP contribution in [0.3, 0.4) is 0 Å². The second kappa shape index (κ2) is 6.91. The van der Waals surface area contributed by atoms with Crippen LogP contribution in [0.2, 0.25) is 0 Å². The molecule has 1 fully saturated rings. The van der Waals surface area contributed by atoms with Gasteiger partial charge < -0.3 is 15.4 Å². The van der Waals surface area contributed by atoms with Gasteiger partial charge in [0.2, 0.25) is 5.91 Å². The number of ether oxygens (including phenoxy) is 1. The normalized spacial score (nSPS) is 22.5. The summed E-state index contributed by atoms with van der Waals surface area (Å²) in [6.07, 6.45) is 3.54. The van der Waals surface area contributed by atoms with Gasteiger partial charge in [-0.25, -0.2) is 0 Å². The summed E-state index contributed by atoms with van der Waals surface area (Å²) in [5.74, 6) is 1.87. The molecule has 0 saturated carbocycles. The summed E-state index contributed by atoms with van der Waals surface area (Å²) in [4.78, 5) is 12.3. The van der Waals surface area contributed by atoms with Crippen LogP contribution in [-0.2, 0) is 4.79 Å². The van der Waals surface area contributed by atoms with Crippen molar-refractivity contribution in [1.82, 2.24) is 10.6 Å². The van der Waals surface area contributed by atoms with Crippen molar-refractivity contribution >= 4 is 5.91 Å². The van der Waals surface area contributed by atoms with Crippen molar-refractivity contribution in [2.24, 2.45) is 5.92 Å². The average molecular weight is 316 g/mol. The van der Waals surface area contributed by atoms with Crippen LogP contribution in [0, 0.1) is 5.92 Å². The largest absolute Gasteiger partial charge is 0.487 e. The van der Waals surface area contributed by atoms with Gasteiger partial charge in [-0.15, -0.1) is 0 Å². The fourth-order valence-corrected chi connectivity index (χ4v) is 3.73. The fourth-order valence-electron chi connectivity index (χ4n) is 3.73. The molecular weight excluding hydrogens is 288 g/mol. The molecule has 4 nitrogen and oxygen atoms in total. The Bertz CT molecular complexity index is 550. The third-order valence-electron chi connectivity index (χ3n) is 4.96. The quantitative estimate of drug-likeness (QED) is 0.898. The van der Waals surface area contributed by atoms with Crippen LogP contribution in [0.4, 0.5) is 0 Å². The smallest absolute Gasteiger partial charge is 0.220 e. The van der Waals surface area contributed by atoms with Gasteiger partial charge in [0.25, 0.3) is 0 Å². The lowest BCUT2D eigenvalue weighted by Crippen LogP contribution is -2.49. The molecule has 2 aliphatic heterocycles. The first-order valence-electron chi connectivity index (χ1n) is 8.83. The number of rotatable bonds is 4. The number of benzene rings is 1. The molecule has 1 unspecified atom stereocenters. The number of piperidine rings is 1. The Balaban J connectivity index is 1.76. The minimum atomic E-state index is -0.0946. The lowest BCUT2D eigenvalue weighted by molar-refractivity contribution is -0.122. The van der Waals surface area contributed by atoms with E-state index in [1.54, 1.807) is 0 Å². The molecule has 126 valence electrons. The SMILES string of the molecule is CC(C)CNC(=O)CC1CC2(CCNCC2)Oc2ccccc21. The first kappa shape index (κ1) is 16.3. The van der Waals surface area contributed by atoms with E-state index >= 15 is 0 Å². The minimum absolute atomic E-state index is 0.0946. The van der Waals surface area contributed by atoms with Crippen LogP contribution in [0.1, 0.15) is 51.0 Å². The molecule has 2 heterocycles. The van der Waals surface area contributed by atoms with Crippen molar-refractivity contribution in [2.45, 2.75) is 51.0 Å². The van der Waals surface area contributed by atoms with Crippen LogP contribution in [0.15, 0.2) is 24.3 Å². The summed E-state index contributed by atoms with van der Waals surface area (Å²) in [6.45, 7) is 6.98. The highest BCUT2D eigenvalue weighted by Crippen LogP contribution is 2.45. The van der Waals surface area contributed by atoms with Crippen LogP contribution < -0.4 is 15.4 Å². The number of para-hydroxylation sites is 1. The highest BCUT2D eigenvalue weighted by atomic mass is 16.5. The Morgan fingerprint density at radius 3 is 2.83 bits per heavy atom. The van der Waals surface area contributed by atoms with E-state index in [2.05, 4.69) is 36.6 Å². The van der Waals surface area contributed by atoms with Crippen LogP contribution in [0.25, 0.3) is 0 Å². The summed E-state index contributed by atoms with van der Waals surface area (Å²) in [7, 11) is 0. The Hall–Kier alpha value is -1.55. The molecule has 4 heteroatoms. The number of hydrogen-bond acceptors (Lipinski definition) is 3. The van der Waals surface area contributed by atoms with Crippen molar-refractivity contribution in [2.75, 3.05) is 19.6 Å². The van der Waals surface area contributed by atoms with E-state index in [0.717, 1.165) is 44.6 Å². The van der Waals surface area contributed by atoms with E-state index in [4.69, 9.17) is 4.74 Å². The van der Waals surface area contributed by atoms with Gasteiger partial charge in [0.15, 0.2) is 0 Å². The zero-order valence-corrected chi connectivity index (χ0v) is 14.2. The van der Waals surface area contributed by atoms with Gasteiger partial charge in [-0.3, -0.25) is 4.79 Å². The monoisotopic (exact) mass is 316 g/mol. The number of nitrogens with one attached hydrogen (secondary N) is 2. The number of amides is 1.